The predicted octanol–water partition coefficient (Wildman–Crippen LogP) is 5.60. The van der Waals surface area contributed by atoms with Crippen molar-refractivity contribution >= 4 is 17.3 Å². The summed E-state index contributed by atoms with van der Waals surface area (Å²) < 4.78 is 17.3. The number of hydrazone groups is 1. The average molecular weight is 421 g/mol. The molecule has 0 radical (unpaired) electrons. The van der Waals surface area contributed by atoms with Crippen molar-refractivity contribution < 1.29 is 14.2 Å². The maximum atomic E-state index is 6.41. The van der Waals surface area contributed by atoms with Gasteiger partial charge in [0.25, 0.3) is 0 Å². The summed E-state index contributed by atoms with van der Waals surface area (Å²) in [7, 11) is 3.26. The second kappa shape index (κ2) is 7.58. The molecule has 2 aliphatic rings. The molecule has 2 heterocycles. The van der Waals surface area contributed by atoms with Crippen molar-refractivity contribution in [3.05, 3.63) is 88.4 Å². The third kappa shape index (κ3) is 3.15. The molecule has 5 nitrogen and oxygen atoms in total. The van der Waals surface area contributed by atoms with Crippen molar-refractivity contribution in [2.24, 2.45) is 5.10 Å². The Kier molecular flexibility index (Phi) is 4.75. The van der Waals surface area contributed by atoms with E-state index in [1.165, 1.54) is 0 Å². The van der Waals surface area contributed by atoms with Gasteiger partial charge in [-0.2, -0.15) is 5.10 Å². The van der Waals surface area contributed by atoms with Gasteiger partial charge in [0.15, 0.2) is 11.5 Å². The molecule has 2 unspecified atom stereocenters. The molecule has 3 aromatic carbocycles. The molecule has 0 N–H and O–H groups in total. The van der Waals surface area contributed by atoms with Crippen LogP contribution in [0, 0.1) is 0 Å². The molecule has 30 heavy (non-hydrogen) atoms. The average Bonchev–Trinajstić information content (AvgIpc) is 3.24. The lowest BCUT2D eigenvalue weighted by Crippen LogP contribution is -2.33. The third-order valence-electron chi connectivity index (χ3n) is 5.55. The number of hydrogen-bond donors (Lipinski definition) is 0. The molecule has 6 heteroatoms. The molecule has 0 spiro atoms. The second-order valence-corrected chi connectivity index (χ2v) is 7.72. The molecule has 152 valence electrons. The molecule has 2 aliphatic heterocycles. The maximum absolute atomic E-state index is 6.41. The van der Waals surface area contributed by atoms with E-state index in [4.69, 9.17) is 30.9 Å². The minimum absolute atomic E-state index is 0.0424. The summed E-state index contributed by atoms with van der Waals surface area (Å²) in [5.41, 5.74) is 4.13. The number of halogens is 1. The lowest BCUT2D eigenvalue weighted by atomic mass is 9.96. The van der Waals surface area contributed by atoms with Crippen LogP contribution in [-0.4, -0.2) is 24.9 Å². The van der Waals surface area contributed by atoms with Gasteiger partial charge in [-0.1, -0.05) is 41.9 Å². The van der Waals surface area contributed by atoms with E-state index >= 15 is 0 Å². The van der Waals surface area contributed by atoms with Crippen LogP contribution in [0.25, 0.3) is 0 Å². The molecule has 0 fully saturated rings. The minimum atomic E-state index is -0.385. The highest BCUT2D eigenvalue weighted by Crippen LogP contribution is 2.48. The van der Waals surface area contributed by atoms with Gasteiger partial charge in [0.2, 0.25) is 6.23 Å². The van der Waals surface area contributed by atoms with E-state index in [1.54, 1.807) is 14.2 Å². The summed E-state index contributed by atoms with van der Waals surface area (Å²) in [5, 5.41) is 7.69. The van der Waals surface area contributed by atoms with Crippen LogP contribution in [0.3, 0.4) is 0 Å². The first-order valence-corrected chi connectivity index (χ1v) is 10.1. The highest BCUT2D eigenvalue weighted by Gasteiger charge is 2.41. The highest BCUT2D eigenvalue weighted by atomic mass is 35.5. The molecule has 0 bridgehead atoms. The van der Waals surface area contributed by atoms with E-state index in [-0.39, 0.29) is 12.3 Å². The van der Waals surface area contributed by atoms with Crippen LogP contribution in [0.5, 0.6) is 17.2 Å². The van der Waals surface area contributed by atoms with Crippen LogP contribution in [0.4, 0.5) is 0 Å². The minimum Gasteiger partial charge on any atom is -0.493 e. The van der Waals surface area contributed by atoms with Crippen LogP contribution in [-0.2, 0) is 0 Å². The van der Waals surface area contributed by atoms with Gasteiger partial charge in [-0.3, -0.25) is 0 Å². The Morgan fingerprint density at radius 2 is 1.77 bits per heavy atom. The predicted molar refractivity (Wildman–Crippen MR) is 117 cm³/mol. The Balaban J connectivity index is 1.60. The summed E-state index contributed by atoms with van der Waals surface area (Å²) in [4.78, 5) is 0. The number of fused-ring (bicyclic) bond motifs is 3. The van der Waals surface area contributed by atoms with Gasteiger partial charge in [0, 0.05) is 22.6 Å². The smallest absolute Gasteiger partial charge is 0.214 e. The molecular formula is C24H21ClN2O3. The fourth-order valence-electron chi connectivity index (χ4n) is 4.09. The summed E-state index contributed by atoms with van der Waals surface area (Å²) in [6, 6.07) is 21.9. The zero-order chi connectivity index (χ0) is 20.7. The van der Waals surface area contributed by atoms with Crippen molar-refractivity contribution in [1.82, 2.24) is 5.01 Å². The van der Waals surface area contributed by atoms with Gasteiger partial charge in [-0.05, 0) is 42.0 Å². The van der Waals surface area contributed by atoms with E-state index in [0.29, 0.717) is 16.5 Å². The summed E-state index contributed by atoms with van der Waals surface area (Å²) in [6.07, 6.45) is 0.398. The summed E-state index contributed by atoms with van der Waals surface area (Å²) in [6.45, 7) is 0. The second-order valence-electron chi connectivity index (χ2n) is 7.28. The molecular weight excluding hydrogens is 400 g/mol. The molecule has 0 aromatic heterocycles. The molecule has 0 aliphatic carbocycles. The number of methoxy groups -OCH3 is 2. The molecule has 3 aromatic rings. The normalized spacial score (nSPS) is 19.4. The Hall–Kier alpha value is -3.18. The Labute approximate surface area is 180 Å². The number of benzene rings is 3. The zero-order valence-electron chi connectivity index (χ0n) is 16.7. The van der Waals surface area contributed by atoms with Crippen molar-refractivity contribution in [3.8, 4) is 17.2 Å². The van der Waals surface area contributed by atoms with Gasteiger partial charge in [-0.25, -0.2) is 5.01 Å². The first-order chi connectivity index (χ1) is 14.7. The van der Waals surface area contributed by atoms with Gasteiger partial charge in [0.05, 0.1) is 26.0 Å². The summed E-state index contributed by atoms with van der Waals surface area (Å²) in [5.74, 6) is 2.16. The first-order valence-electron chi connectivity index (χ1n) is 9.77. The zero-order valence-corrected chi connectivity index (χ0v) is 17.5. The van der Waals surface area contributed by atoms with E-state index in [1.807, 2.05) is 59.6 Å². The monoisotopic (exact) mass is 420 g/mol. The van der Waals surface area contributed by atoms with E-state index in [0.717, 1.165) is 34.6 Å². The van der Waals surface area contributed by atoms with Crippen LogP contribution in [0.1, 0.15) is 35.4 Å². The number of rotatable bonds is 4. The number of nitrogens with zero attached hydrogens (tertiary/aromatic N) is 2. The van der Waals surface area contributed by atoms with Crippen LogP contribution in [0.2, 0.25) is 5.02 Å². The molecule has 5 rings (SSSR count). The standard InChI is InChI=1S/C24H21ClN2O3/c1-28-22-10-8-16(12-23(22)29-2)24-27-20(18-13-17(25)9-11-21(18)30-24)14-19(26-27)15-6-4-3-5-7-15/h3-13,20,24H,14H2,1-2H3. The number of hydrogen-bond acceptors (Lipinski definition) is 5. The Bertz CT molecular complexity index is 1120. The van der Waals surface area contributed by atoms with Gasteiger partial charge < -0.3 is 14.2 Å². The fraction of sp³-hybridized carbons (Fsp3) is 0.208. The largest absolute Gasteiger partial charge is 0.493 e. The van der Waals surface area contributed by atoms with Crippen LogP contribution in [0.15, 0.2) is 71.8 Å². The van der Waals surface area contributed by atoms with Crippen molar-refractivity contribution in [2.75, 3.05) is 14.2 Å². The third-order valence-corrected chi connectivity index (χ3v) is 5.79. The van der Waals surface area contributed by atoms with Crippen LogP contribution < -0.4 is 14.2 Å². The SMILES string of the molecule is COc1ccc(C2Oc3ccc(Cl)cc3C3CC(c4ccccc4)=NN32)cc1OC. The van der Waals surface area contributed by atoms with E-state index < -0.39 is 0 Å². The number of ether oxygens (including phenoxy) is 3. The van der Waals surface area contributed by atoms with E-state index in [2.05, 4.69) is 12.1 Å². The highest BCUT2D eigenvalue weighted by molar-refractivity contribution is 6.30. The molecule has 0 saturated carbocycles. The lowest BCUT2D eigenvalue weighted by molar-refractivity contribution is -0.0191. The first kappa shape index (κ1) is 18.8. The summed E-state index contributed by atoms with van der Waals surface area (Å²) >= 11 is 6.30. The lowest BCUT2D eigenvalue weighted by Gasteiger charge is -2.38. The maximum Gasteiger partial charge on any atom is 0.214 e. The van der Waals surface area contributed by atoms with Crippen LogP contribution >= 0.6 is 11.6 Å². The quantitative estimate of drug-likeness (QED) is 0.551. The molecule has 0 amide bonds. The molecule has 2 atom stereocenters. The van der Waals surface area contributed by atoms with Gasteiger partial charge >= 0.3 is 0 Å². The van der Waals surface area contributed by atoms with Crippen molar-refractivity contribution in [3.63, 3.8) is 0 Å². The Morgan fingerprint density at radius 1 is 0.967 bits per heavy atom. The topological polar surface area (TPSA) is 43.3 Å². The molecule has 0 saturated heterocycles. The van der Waals surface area contributed by atoms with E-state index in [9.17, 15) is 0 Å². The Morgan fingerprint density at radius 3 is 2.53 bits per heavy atom. The van der Waals surface area contributed by atoms with Crippen molar-refractivity contribution in [2.45, 2.75) is 18.7 Å². The van der Waals surface area contributed by atoms with Crippen molar-refractivity contribution in [1.29, 1.82) is 0 Å². The van der Waals surface area contributed by atoms with Gasteiger partial charge in [-0.15, -0.1) is 0 Å². The fourth-order valence-corrected chi connectivity index (χ4v) is 4.27. The van der Waals surface area contributed by atoms with Gasteiger partial charge in [0.1, 0.15) is 5.75 Å².